The second kappa shape index (κ2) is 6.35. The zero-order valence-electron chi connectivity index (χ0n) is 10.0. The molecular formula is C12H17ClN2O2. The molecule has 1 rings (SSSR count). The van der Waals surface area contributed by atoms with Crippen LogP contribution in [0.4, 0.5) is 11.4 Å². The summed E-state index contributed by atoms with van der Waals surface area (Å²) in [6.07, 6.45) is 2.29. The van der Waals surface area contributed by atoms with Crippen molar-refractivity contribution in [3.63, 3.8) is 0 Å². The number of carbonyl (C=O) groups is 1. The first-order chi connectivity index (χ1) is 8.08. The second-order valence-electron chi connectivity index (χ2n) is 3.73. The number of carbonyl (C=O) groups excluding carboxylic acids is 1. The van der Waals surface area contributed by atoms with Crippen LogP contribution in [0.25, 0.3) is 0 Å². The molecule has 0 aliphatic rings. The molecule has 4 nitrogen and oxygen atoms in total. The number of nitrogens with one attached hydrogen (secondary N) is 1. The number of nitrogens with two attached hydrogens (primary N) is 1. The highest BCUT2D eigenvalue weighted by molar-refractivity contribution is 6.34. The van der Waals surface area contributed by atoms with Crippen LogP contribution in [0, 0.1) is 0 Å². The number of ether oxygens (including phenoxy) is 1. The van der Waals surface area contributed by atoms with Crippen LogP contribution in [-0.2, 0) is 4.79 Å². The number of anilines is 2. The van der Waals surface area contributed by atoms with Gasteiger partial charge in [-0.25, -0.2) is 0 Å². The van der Waals surface area contributed by atoms with Crippen LogP contribution in [0.2, 0.25) is 5.02 Å². The maximum absolute atomic E-state index is 11.6. The van der Waals surface area contributed by atoms with E-state index in [2.05, 4.69) is 5.32 Å². The van der Waals surface area contributed by atoms with Crippen molar-refractivity contribution < 1.29 is 9.53 Å². The minimum absolute atomic E-state index is 0.0724. The molecule has 3 N–H and O–H groups in total. The van der Waals surface area contributed by atoms with Crippen LogP contribution in [0.15, 0.2) is 12.1 Å². The highest BCUT2D eigenvalue weighted by atomic mass is 35.5. The molecule has 0 heterocycles. The summed E-state index contributed by atoms with van der Waals surface area (Å²) >= 11 is 6.02. The molecule has 1 amide bonds. The van der Waals surface area contributed by atoms with Crippen LogP contribution in [0.1, 0.15) is 26.2 Å². The molecule has 0 unspecified atom stereocenters. The Morgan fingerprint density at radius 1 is 1.53 bits per heavy atom. The zero-order chi connectivity index (χ0) is 12.8. The smallest absolute Gasteiger partial charge is 0.224 e. The number of methoxy groups -OCH3 is 1. The highest BCUT2D eigenvalue weighted by Crippen LogP contribution is 2.35. The van der Waals surface area contributed by atoms with Crippen molar-refractivity contribution in [2.24, 2.45) is 0 Å². The monoisotopic (exact) mass is 256 g/mol. The molecule has 0 aliphatic carbocycles. The normalized spacial score (nSPS) is 10.1. The molecule has 0 fully saturated rings. The number of benzene rings is 1. The summed E-state index contributed by atoms with van der Waals surface area (Å²) in [5.41, 5.74) is 6.61. The van der Waals surface area contributed by atoms with Crippen molar-refractivity contribution in [3.8, 4) is 5.75 Å². The molecule has 94 valence electrons. The Morgan fingerprint density at radius 3 is 2.82 bits per heavy atom. The Kier molecular flexibility index (Phi) is 5.10. The molecule has 1 aromatic rings. The number of hydrogen-bond donors (Lipinski definition) is 2. The number of halogens is 1. The van der Waals surface area contributed by atoms with Crippen LogP contribution >= 0.6 is 11.6 Å². The SMILES string of the molecule is CCCCC(=O)Nc1c(Cl)cc(N)cc1OC. The van der Waals surface area contributed by atoms with Gasteiger partial charge in [0.1, 0.15) is 11.4 Å². The molecule has 1 aromatic carbocycles. The summed E-state index contributed by atoms with van der Waals surface area (Å²) in [4.78, 5) is 11.6. The summed E-state index contributed by atoms with van der Waals surface area (Å²) in [7, 11) is 1.51. The fraction of sp³-hybridized carbons (Fsp3) is 0.417. The number of rotatable bonds is 5. The van der Waals surface area contributed by atoms with E-state index in [1.165, 1.54) is 7.11 Å². The van der Waals surface area contributed by atoms with Gasteiger partial charge in [0.15, 0.2) is 0 Å². The van der Waals surface area contributed by atoms with E-state index >= 15 is 0 Å². The minimum Gasteiger partial charge on any atom is -0.494 e. The van der Waals surface area contributed by atoms with Gasteiger partial charge in [-0.2, -0.15) is 0 Å². The van der Waals surface area contributed by atoms with Crippen molar-refractivity contribution in [2.45, 2.75) is 26.2 Å². The molecule has 0 aromatic heterocycles. The summed E-state index contributed by atoms with van der Waals surface area (Å²) in [6.45, 7) is 2.03. The Bertz CT molecular complexity index is 408. The van der Waals surface area contributed by atoms with Crippen LogP contribution in [0.3, 0.4) is 0 Å². The molecule has 0 saturated carbocycles. The van der Waals surface area contributed by atoms with Crippen LogP contribution in [-0.4, -0.2) is 13.0 Å². The predicted molar refractivity (Wildman–Crippen MR) is 70.6 cm³/mol. The Hall–Kier alpha value is -1.42. The Morgan fingerprint density at radius 2 is 2.24 bits per heavy atom. The number of hydrogen-bond acceptors (Lipinski definition) is 3. The molecule has 0 aliphatic heterocycles. The molecule has 17 heavy (non-hydrogen) atoms. The van der Waals surface area contributed by atoms with Gasteiger partial charge in [0.05, 0.1) is 12.1 Å². The largest absolute Gasteiger partial charge is 0.494 e. The lowest BCUT2D eigenvalue weighted by Crippen LogP contribution is -2.12. The standard InChI is InChI=1S/C12H17ClN2O2/c1-3-4-5-11(16)15-12-9(13)6-8(14)7-10(12)17-2/h6-7H,3-5,14H2,1-2H3,(H,15,16). The Balaban J connectivity index is 2.86. The highest BCUT2D eigenvalue weighted by Gasteiger charge is 2.12. The molecule has 0 saturated heterocycles. The third-order valence-corrected chi connectivity index (χ3v) is 2.62. The number of unbranched alkanes of at least 4 members (excludes halogenated alkanes) is 1. The Labute approximate surface area is 106 Å². The molecule has 0 radical (unpaired) electrons. The van der Waals surface area contributed by atoms with E-state index < -0.39 is 0 Å². The maximum Gasteiger partial charge on any atom is 0.224 e. The van der Waals surface area contributed by atoms with Crippen molar-refractivity contribution >= 4 is 28.9 Å². The predicted octanol–water partition coefficient (Wildman–Crippen LogP) is 3.06. The molecule has 0 bridgehead atoms. The quantitative estimate of drug-likeness (QED) is 0.796. The summed E-state index contributed by atoms with van der Waals surface area (Å²) in [5, 5.41) is 3.12. The van der Waals surface area contributed by atoms with Gasteiger partial charge >= 0.3 is 0 Å². The van der Waals surface area contributed by atoms with Crippen LogP contribution in [0.5, 0.6) is 5.75 Å². The second-order valence-corrected chi connectivity index (χ2v) is 4.14. The first-order valence-corrected chi connectivity index (χ1v) is 5.89. The van der Waals surface area contributed by atoms with Crippen molar-refractivity contribution in [1.82, 2.24) is 0 Å². The molecular weight excluding hydrogens is 240 g/mol. The van der Waals surface area contributed by atoms with E-state index in [0.29, 0.717) is 28.6 Å². The van der Waals surface area contributed by atoms with Gasteiger partial charge in [0.25, 0.3) is 0 Å². The third-order valence-electron chi connectivity index (χ3n) is 2.32. The van der Waals surface area contributed by atoms with E-state index in [-0.39, 0.29) is 5.91 Å². The zero-order valence-corrected chi connectivity index (χ0v) is 10.8. The van der Waals surface area contributed by atoms with Crippen LogP contribution < -0.4 is 15.8 Å². The molecule has 0 atom stereocenters. The first-order valence-electron chi connectivity index (χ1n) is 5.51. The topological polar surface area (TPSA) is 64.4 Å². The third kappa shape index (κ3) is 3.82. The lowest BCUT2D eigenvalue weighted by molar-refractivity contribution is -0.116. The molecule has 5 heteroatoms. The van der Waals surface area contributed by atoms with E-state index in [4.69, 9.17) is 22.1 Å². The van der Waals surface area contributed by atoms with Gasteiger partial charge in [-0.05, 0) is 12.5 Å². The van der Waals surface area contributed by atoms with E-state index in [1.807, 2.05) is 6.92 Å². The van der Waals surface area contributed by atoms with Gasteiger partial charge in [-0.15, -0.1) is 0 Å². The number of amides is 1. The summed E-state index contributed by atoms with van der Waals surface area (Å²) < 4.78 is 5.13. The number of nitrogen functional groups attached to an aromatic ring is 1. The van der Waals surface area contributed by atoms with Gasteiger partial charge in [-0.1, -0.05) is 24.9 Å². The van der Waals surface area contributed by atoms with Gasteiger partial charge in [0, 0.05) is 18.2 Å². The van der Waals surface area contributed by atoms with Gasteiger partial charge < -0.3 is 15.8 Å². The minimum atomic E-state index is -0.0724. The van der Waals surface area contributed by atoms with E-state index in [0.717, 1.165) is 12.8 Å². The summed E-state index contributed by atoms with van der Waals surface area (Å²) in [6, 6.07) is 3.21. The van der Waals surface area contributed by atoms with E-state index in [9.17, 15) is 4.79 Å². The van der Waals surface area contributed by atoms with Gasteiger partial charge in [0.2, 0.25) is 5.91 Å². The van der Waals surface area contributed by atoms with Gasteiger partial charge in [-0.3, -0.25) is 4.79 Å². The van der Waals surface area contributed by atoms with E-state index in [1.54, 1.807) is 12.1 Å². The first kappa shape index (κ1) is 13.6. The van der Waals surface area contributed by atoms with Crippen molar-refractivity contribution in [2.75, 3.05) is 18.2 Å². The fourth-order valence-corrected chi connectivity index (χ4v) is 1.69. The lowest BCUT2D eigenvalue weighted by Gasteiger charge is -2.12. The average molecular weight is 257 g/mol. The van der Waals surface area contributed by atoms with Crippen molar-refractivity contribution in [3.05, 3.63) is 17.2 Å². The fourth-order valence-electron chi connectivity index (χ4n) is 1.42. The van der Waals surface area contributed by atoms with Crippen molar-refractivity contribution in [1.29, 1.82) is 0 Å². The lowest BCUT2D eigenvalue weighted by atomic mass is 10.2. The molecule has 0 spiro atoms. The average Bonchev–Trinajstić information content (AvgIpc) is 2.29. The maximum atomic E-state index is 11.6. The summed E-state index contributed by atoms with van der Waals surface area (Å²) in [5.74, 6) is 0.400.